The lowest BCUT2D eigenvalue weighted by molar-refractivity contribution is -0.255. The van der Waals surface area contributed by atoms with Gasteiger partial charge in [0.15, 0.2) is 0 Å². The fourth-order valence-corrected chi connectivity index (χ4v) is 4.44. The molecule has 0 saturated carbocycles. The average Bonchev–Trinajstić information content (AvgIpc) is 2.91. The number of aryl methyl sites for hydroxylation is 1. The molecule has 0 unspecified atom stereocenters. The molecule has 0 spiro atoms. The number of carbonyl (C=O) groups is 1. The molecular weight excluding hydrogens is 302 g/mol. The fraction of sp³-hybridized carbons (Fsp3) is 0.188. The molecule has 2 aromatic rings. The van der Waals surface area contributed by atoms with Crippen LogP contribution in [-0.2, 0) is 16.4 Å². The minimum atomic E-state index is -3.80. The van der Waals surface area contributed by atoms with Gasteiger partial charge in [-0.2, -0.15) is 0 Å². The fourth-order valence-electron chi connectivity index (χ4n) is 2.68. The molecule has 0 N–H and O–H groups in total. The number of carbonyl (C=O) groups excluding carboxylic acids is 1. The second-order valence-corrected chi connectivity index (χ2v) is 7.05. The van der Waals surface area contributed by atoms with Crippen LogP contribution < -0.4 is 9.41 Å². The number of nitrogens with zero attached hydrogens (tertiary/aromatic N) is 1. The van der Waals surface area contributed by atoms with Crippen LogP contribution in [0.4, 0.5) is 5.69 Å². The molecule has 3 rings (SSSR count). The van der Waals surface area contributed by atoms with E-state index < -0.39 is 16.0 Å². The Kier molecular flexibility index (Phi) is 3.41. The van der Waals surface area contributed by atoms with Gasteiger partial charge in [-0.3, -0.25) is 4.31 Å². The van der Waals surface area contributed by atoms with Crippen LogP contribution in [0.2, 0.25) is 0 Å². The zero-order valence-corrected chi connectivity index (χ0v) is 12.8. The highest BCUT2D eigenvalue weighted by Gasteiger charge is 2.31. The third kappa shape index (κ3) is 2.25. The molecule has 114 valence electrons. The topological polar surface area (TPSA) is 77.5 Å². The van der Waals surface area contributed by atoms with Crippen molar-refractivity contribution in [2.75, 3.05) is 10.8 Å². The second-order valence-electron chi connectivity index (χ2n) is 5.22. The number of aromatic carboxylic acids is 1. The molecule has 2 aromatic carbocycles. The van der Waals surface area contributed by atoms with E-state index >= 15 is 0 Å². The highest BCUT2D eigenvalue weighted by Crippen LogP contribution is 2.33. The summed E-state index contributed by atoms with van der Waals surface area (Å²) in [6, 6.07) is 11.3. The van der Waals surface area contributed by atoms with Crippen LogP contribution in [0.1, 0.15) is 21.5 Å². The van der Waals surface area contributed by atoms with Crippen LogP contribution in [-0.4, -0.2) is 20.9 Å². The number of carboxylic acid groups (broad SMARTS) is 1. The normalized spacial score (nSPS) is 14.0. The molecular formula is C16H14NO4S-. The first kappa shape index (κ1) is 14.6. The SMILES string of the molecule is Cc1ccc(C(=O)[O-])cc1S(=O)(=O)N1CCc2ccccc21. The van der Waals surface area contributed by atoms with Crippen molar-refractivity contribution in [3.8, 4) is 0 Å². The number of para-hydroxylation sites is 1. The molecule has 1 heterocycles. The van der Waals surface area contributed by atoms with Crippen molar-refractivity contribution in [3.05, 3.63) is 59.2 Å². The van der Waals surface area contributed by atoms with E-state index in [0.29, 0.717) is 24.2 Å². The summed E-state index contributed by atoms with van der Waals surface area (Å²) >= 11 is 0. The summed E-state index contributed by atoms with van der Waals surface area (Å²) in [5.41, 5.74) is 1.99. The number of hydrogen-bond acceptors (Lipinski definition) is 4. The smallest absolute Gasteiger partial charge is 0.264 e. The Bertz CT molecular complexity index is 858. The Balaban J connectivity index is 2.12. The van der Waals surface area contributed by atoms with E-state index in [2.05, 4.69) is 0 Å². The summed E-state index contributed by atoms with van der Waals surface area (Å²) in [7, 11) is -3.80. The number of benzene rings is 2. The Hall–Kier alpha value is -2.34. The van der Waals surface area contributed by atoms with Gasteiger partial charge < -0.3 is 9.90 Å². The van der Waals surface area contributed by atoms with Crippen molar-refractivity contribution in [3.63, 3.8) is 0 Å². The largest absolute Gasteiger partial charge is 0.545 e. The maximum absolute atomic E-state index is 12.9. The quantitative estimate of drug-likeness (QED) is 0.850. The molecule has 0 bridgehead atoms. The van der Waals surface area contributed by atoms with E-state index in [9.17, 15) is 18.3 Å². The zero-order chi connectivity index (χ0) is 15.9. The van der Waals surface area contributed by atoms with Crippen molar-refractivity contribution >= 4 is 21.7 Å². The first-order valence-corrected chi connectivity index (χ1v) is 8.28. The Morgan fingerprint density at radius 3 is 2.64 bits per heavy atom. The Morgan fingerprint density at radius 1 is 1.18 bits per heavy atom. The van der Waals surface area contributed by atoms with Crippen LogP contribution in [0.25, 0.3) is 0 Å². The Labute approximate surface area is 128 Å². The van der Waals surface area contributed by atoms with Gasteiger partial charge in [-0.1, -0.05) is 30.3 Å². The summed E-state index contributed by atoms with van der Waals surface area (Å²) in [6.07, 6.45) is 0.647. The molecule has 0 atom stereocenters. The molecule has 0 radical (unpaired) electrons. The number of rotatable bonds is 3. The average molecular weight is 316 g/mol. The number of sulfonamides is 1. The van der Waals surface area contributed by atoms with Gasteiger partial charge in [-0.05, 0) is 42.2 Å². The van der Waals surface area contributed by atoms with E-state index in [1.807, 2.05) is 12.1 Å². The van der Waals surface area contributed by atoms with Gasteiger partial charge in [0.1, 0.15) is 0 Å². The summed E-state index contributed by atoms with van der Waals surface area (Å²) in [5, 5.41) is 11.0. The van der Waals surface area contributed by atoms with Crippen LogP contribution in [0.15, 0.2) is 47.4 Å². The molecule has 6 heteroatoms. The molecule has 22 heavy (non-hydrogen) atoms. The molecule has 0 aromatic heterocycles. The van der Waals surface area contributed by atoms with E-state index in [-0.39, 0.29) is 10.5 Å². The molecule has 1 aliphatic rings. The molecule has 0 amide bonds. The third-order valence-corrected chi connectivity index (χ3v) is 5.79. The molecule has 0 saturated heterocycles. The summed E-state index contributed by atoms with van der Waals surface area (Å²) < 4.78 is 27.1. The highest BCUT2D eigenvalue weighted by molar-refractivity contribution is 7.93. The number of carboxylic acids is 1. The lowest BCUT2D eigenvalue weighted by Crippen LogP contribution is -2.30. The minimum Gasteiger partial charge on any atom is -0.545 e. The molecule has 0 fully saturated rings. The van der Waals surface area contributed by atoms with Gasteiger partial charge in [-0.25, -0.2) is 8.42 Å². The first-order valence-electron chi connectivity index (χ1n) is 6.84. The minimum absolute atomic E-state index is 0.00547. The van der Waals surface area contributed by atoms with Gasteiger partial charge in [0.25, 0.3) is 10.0 Å². The first-order chi connectivity index (χ1) is 10.4. The van der Waals surface area contributed by atoms with Crippen molar-refractivity contribution in [2.45, 2.75) is 18.2 Å². The highest BCUT2D eigenvalue weighted by atomic mass is 32.2. The summed E-state index contributed by atoms with van der Waals surface area (Å²) in [5.74, 6) is -1.39. The maximum Gasteiger partial charge on any atom is 0.264 e. The van der Waals surface area contributed by atoms with E-state index in [1.54, 1.807) is 19.1 Å². The number of anilines is 1. The maximum atomic E-state index is 12.9. The standard InChI is InChI=1S/C16H15NO4S/c1-11-6-7-13(16(18)19)10-15(11)22(20,21)17-9-8-12-4-2-3-5-14(12)17/h2-7,10H,8-9H2,1H3,(H,18,19)/p-1. The third-order valence-electron chi connectivity index (χ3n) is 3.84. The second kappa shape index (κ2) is 5.14. The van der Waals surface area contributed by atoms with Crippen LogP contribution in [0.5, 0.6) is 0 Å². The predicted octanol–water partition coefficient (Wildman–Crippen LogP) is 1.11. The number of fused-ring (bicyclic) bond motifs is 1. The van der Waals surface area contributed by atoms with Gasteiger partial charge in [-0.15, -0.1) is 0 Å². The van der Waals surface area contributed by atoms with Gasteiger partial charge >= 0.3 is 0 Å². The van der Waals surface area contributed by atoms with Crippen molar-refractivity contribution in [1.29, 1.82) is 0 Å². The summed E-state index contributed by atoms with van der Waals surface area (Å²) in [4.78, 5) is 11.0. The molecule has 1 aliphatic heterocycles. The van der Waals surface area contributed by atoms with E-state index in [0.717, 1.165) is 5.56 Å². The summed E-state index contributed by atoms with van der Waals surface area (Å²) in [6.45, 7) is 2.00. The predicted molar refractivity (Wildman–Crippen MR) is 80.2 cm³/mol. The van der Waals surface area contributed by atoms with Gasteiger partial charge in [0.2, 0.25) is 0 Å². The van der Waals surface area contributed by atoms with Crippen molar-refractivity contribution < 1.29 is 18.3 Å². The van der Waals surface area contributed by atoms with Crippen LogP contribution >= 0.6 is 0 Å². The van der Waals surface area contributed by atoms with E-state index in [1.165, 1.54) is 22.5 Å². The monoisotopic (exact) mass is 316 g/mol. The van der Waals surface area contributed by atoms with Crippen LogP contribution in [0, 0.1) is 6.92 Å². The zero-order valence-electron chi connectivity index (χ0n) is 11.9. The van der Waals surface area contributed by atoms with Crippen LogP contribution in [0.3, 0.4) is 0 Å². The molecule has 0 aliphatic carbocycles. The number of hydrogen-bond donors (Lipinski definition) is 0. The van der Waals surface area contributed by atoms with E-state index in [4.69, 9.17) is 0 Å². The Morgan fingerprint density at radius 2 is 1.91 bits per heavy atom. The lowest BCUT2D eigenvalue weighted by atomic mass is 10.1. The van der Waals surface area contributed by atoms with Gasteiger partial charge in [0.05, 0.1) is 16.6 Å². The van der Waals surface area contributed by atoms with Crippen molar-refractivity contribution in [2.24, 2.45) is 0 Å². The van der Waals surface area contributed by atoms with Crippen molar-refractivity contribution in [1.82, 2.24) is 0 Å². The lowest BCUT2D eigenvalue weighted by Gasteiger charge is -2.21. The molecule has 5 nitrogen and oxygen atoms in total. The van der Waals surface area contributed by atoms with Gasteiger partial charge in [0, 0.05) is 6.54 Å².